The predicted molar refractivity (Wildman–Crippen MR) is 99.6 cm³/mol. The van der Waals surface area contributed by atoms with Gasteiger partial charge in [-0.2, -0.15) is 5.10 Å². The van der Waals surface area contributed by atoms with Gasteiger partial charge in [0.2, 0.25) is 0 Å². The summed E-state index contributed by atoms with van der Waals surface area (Å²) in [5.74, 6) is -0.0212. The molecule has 0 fully saturated rings. The SMILES string of the molecule is Cc1ncccc1-c1cc2c(nn1)CN(C)C(=O)c1cccn1-2.Cl.Cl. The quantitative estimate of drug-likeness (QED) is 0.653. The molecule has 0 spiro atoms. The average molecular weight is 378 g/mol. The summed E-state index contributed by atoms with van der Waals surface area (Å²) in [5, 5.41) is 8.71. The standard InChI is InChI=1S/C17H15N5O.2ClH/c1-11-12(5-3-7-18-11)13-9-16-14(20-19-13)10-21(2)17(23)15-6-4-8-22(15)16;;/h3-9H,10H2,1-2H3;2*1H. The van der Waals surface area contributed by atoms with Crippen molar-refractivity contribution in [2.75, 3.05) is 7.05 Å². The van der Waals surface area contributed by atoms with Crippen molar-refractivity contribution in [2.24, 2.45) is 0 Å². The fourth-order valence-electron chi connectivity index (χ4n) is 2.87. The second-order valence-electron chi connectivity index (χ2n) is 5.62. The third-order valence-corrected chi connectivity index (χ3v) is 4.09. The van der Waals surface area contributed by atoms with Crippen molar-refractivity contribution in [1.29, 1.82) is 0 Å². The van der Waals surface area contributed by atoms with Crippen LogP contribution in [0.3, 0.4) is 0 Å². The Balaban J connectivity index is 0.00000113. The number of halogens is 2. The molecule has 0 atom stereocenters. The second kappa shape index (κ2) is 7.21. The minimum atomic E-state index is -0.0212. The number of aryl methyl sites for hydroxylation is 1. The number of carbonyl (C=O) groups excluding carboxylic acids is 1. The summed E-state index contributed by atoms with van der Waals surface area (Å²) in [6.07, 6.45) is 3.64. The summed E-state index contributed by atoms with van der Waals surface area (Å²) in [5.41, 5.74) is 4.90. The van der Waals surface area contributed by atoms with Gasteiger partial charge in [0.1, 0.15) is 11.4 Å². The number of fused-ring (bicyclic) bond motifs is 3. The first-order valence-electron chi connectivity index (χ1n) is 7.37. The smallest absolute Gasteiger partial charge is 0.270 e. The van der Waals surface area contributed by atoms with E-state index in [1.165, 1.54) is 0 Å². The number of aromatic nitrogens is 4. The van der Waals surface area contributed by atoms with Gasteiger partial charge < -0.3 is 9.47 Å². The van der Waals surface area contributed by atoms with Crippen LogP contribution in [0.25, 0.3) is 16.9 Å². The first kappa shape index (κ1) is 18.9. The van der Waals surface area contributed by atoms with Crippen LogP contribution in [0, 0.1) is 6.92 Å². The summed E-state index contributed by atoms with van der Waals surface area (Å²) >= 11 is 0. The van der Waals surface area contributed by atoms with Crippen LogP contribution in [0.15, 0.2) is 42.7 Å². The predicted octanol–water partition coefficient (Wildman–Crippen LogP) is 3.07. The van der Waals surface area contributed by atoms with E-state index >= 15 is 0 Å². The van der Waals surface area contributed by atoms with Crippen LogP contribution < -0.4 is 0 Å². The summed E-state index contributed by atoms with van der Waals surface area (Å²) in [6, 6.07) is 9.52. The molecule has 0 saturated carbocycles. The van der Waals surface area contributed by atoms with E-state index in [2.05, 4.69) is 15.2 Å². The van der Waals surface area contributed by atoms with Gasteiger partial charge in [-0.1, -0.05) is 0 Å². The van der Waals surface area contributed by atoms with Crippen LogP contribution in [0.4, 0.5) is 0 Å². The van der Waals surface area contributed by atoms with Crippen LogP contribution >= 0.6 is 24.8 Å². The van der Waals surface area contributed by atoms with E-state index in [9.17, 15) is 4.79 Å². The van der Waals surface area contributed by atoms with E-state index in [1.807, 2.05) is 48.0 Å². The second-order valence-corrected chi connectivity index (χ2v) is 5.62. The minimum Gasteiger partial charge on any atom is -0.334 e. The van der Waals surface area contributed by atoms with Gasteiger partial charge in [-0.3, -0.25) is 9.78 Å². The fourth-order valence-corrected chi connectivity index (χ4v) is 2.87. The Labute approximate surface area is 157 Å². The van der Waals surface area contributed by atoms with Gasteiger partial charge in [-0.05, 0) is 37.3 Å². The van der Waals surface area contributed by atoms with Gasteiger partial charge >= 0.3 is 0 Å². The highest BCUT2D eigenvalue weighted by Crippen LogP contribution is 2.27. The summed E-state index contributed by atoms with van der Waals surface area (Å²) in [4.78, 5) is 18.4. The van der Waals surface area contributed by atoms with Gasteiger partial charge in [-0.15, -0.1) is 29.9 Å². The molecule has 6 nitrogen and oxygen atoms in total. The maximum absolute atomic E-state index is 12.4. The molecule has 130 valence electrons. The Morgan fingerprint density at radius 2 is 1.92 bits per heavy atom. The van der Waals surface area contributed by atoms with Crippen molar-refractivity contribution in [3.8, 4) is 16.9 Å². The topological polar surface area (TPSA) is 63.9 Å². The summed E-state index contributed by atoms with van der Waals surface area (Å²) in [6.45, 7) is 2.39. The summed E-state index contributed by atoms with van der Waals surface area (Å²) in [7, 11) is 1.77. The number of hydrogen-bond acceptors (Lipinski definition) is 4. The Bertz CT molecular complexity index is 925. The minimum absolute atomic E-state index is 0. The number of amides is 1. The normalized spacial score (nSPS) is 12.4. The van der Waals surface area contributed by atoms with Gasteiger partial charge in [-0.25, -0.2) is 0 Å². The number of carbonyl (C=O) groups is 1. The van der Waals surface area contributed by atoms with Gasteiger partial charge in [0, 0.05) is 30.7 Å². The van der Waals surface area contributed by atoms with Crippen LogP contribution in [-0.2, 0) is 6.54 Å². The molecule has 0 aliphatic carbocycles. The monoisotopic (exact) mass is 377 g/mol. The largest absolute Gasteiger partial charge is 0.334 e. The number of pyridine rings is 1. The van der Waals surface area contributed by atoms with Gasteiger partial charge in [0.05, 0.1) is 17.9 Å². The van der Waals surface area contributed by atoms with E-state index < -0.39 is 0 Å². The van der Waals surface area contributed by atoms with Gasteiger partial charge in [0.15, 0.2) is 0 Å². The van der Waals surface area contributed by atoms with Gasteiger partial charge in [0.25, 0.3) is 5.91 Å². The molecule has 25 heavy (non-hydrogen) atoms. The third kappa shape index (κ3) is 3.10. The lowest BCUT2D eigenvalue weighted by Crippen LogP contribution is -2.25. The van der Waals surface area contributed by atoms with Crippen LogP contribution in [0.5, 0.6) is 0 Å². The number of rotatable bonds is 1. The highest BCUT2D eigenvalue weighted by Gasteiger charge is 2.25. The van der Waals surface area contributed by atoms with Crippen LogP contribution in [-0.4, -0.2) is 37.6 Å². The maximum Gasteiger partial charge on any atom is 0.270 e. The molecule has 1 aliphatic rings. The molecule has 8 heteroatoms. The van der Waals surface area contributed by atoms with E-state index in [-0.39, 0.29) is 30.7 Å². The molecule has 0 aromatic carbocycles. The molecule has 0 bridgehead atoms. The number of nitrogens with zero attached hydrogens (tertiary/aromatic N) is 5. The first-order valence-corrected chi connectivity index (χ1v) is 7.37. The molecule has 3 aromatic heterocycles. The third-order valence-electron chi connectivity index (χ3n) is 4.09. The average Bonchev–Trinajstić information content (AvgIpc) is 3.01. The van der Waals surface area contributed by atoms with Crippen molar-refractivity contribution in [3.63, 3.8) is 0 Å². The lowest BCUT2D eigenvalue weighted by atomic mass is 10.1. The molecule has 1 amide bonds. The molecule has 4 rings (SSSR count). The highest BCUT2D eigenvalue weighted by atomic mass is 35.5. The molecule has 3 aromatic rings. The lowest BCUT2D eigenvalue weighted by molar-refractivity contribution is 0.0781. The summed E-state index contributed by atoms with van der Waals surface area (Å²) < 4.78 is 1.88. The van der Waals surface area contributed by atoms with Crippen LogP contribution in [0.1, 0.15) is 21.9 Å². The molecule has 4 heterocycles. The molecule has 0 unspecified atom stereocenters. The number of hydrogen-bond donors (Lipinski definition) is 0. The molecule has 1 aliphatic heterocycles. The van der Waals surface area contributed by atoms with E-state index in [0.29, 0.717) is 12.2 Å². The van der Waals surface area contributed by atoms with Crippen molar-refractivity contribution in [3.05, 3.63) is 59.8 Å². The Kier molecular flexibility index (Phi) is 5.45. The van der Waals surface area contributed by atoms with Crippen molar-refractivity contribution in [2.45, 2.75) is 13.5 Å². The molecule has 0 N–H and O–H groups in total. The zero-order valence-corrected chi connectivity index (χ0v) is 15.3. The van der Waals surface area contributed by atoms with Crippen LogP contribution in [0.2, 0.25) is 0 Å². The van der Waals surface area contributed by atoms with Crippen molar-refractivity contribution in [1.82, 2.24) is 24.6 Å². The Morgan fingerprint density at radius 3 is 2.68 bits per heavy atom. The van der Waals surface area contributed by atoms with E-state index in [1.54, 1.807) is 18.1 Å². The lowest BCUT2D eigenvalue weighted by Gasteiger charge is -2.13. The highest BCUT2D eigenvalue weighted by molar-refractivity contribution is 5.94. The van der Waals surface area contributed by atoms with Crippen molar-refractivity contribution < 1.29 is 4.79 Å². The zero-order valence-electron chi connectivity index (χ0n) is 13.7. The van der Waals surface area contributed by atoms with E-state index in [0.717, 1.165) is 28.3 Å². The van der Waals surface area contributed by atoms with E-state index in [4.69, 9.17) is 0 Å². The first-order chi connectivity index (χ1) is 11.1. The Morgan fingerprint density at radius 1 is 1.12 bits per heavy atom. The molecule has 0 radical (unpaired) electrons. The van der Waals surface area contributed by atoms with Crippen molar-refractivity contribution >= 4 is 30.7 Å². The Hall–Kier alpha value is -2.44. The molecule has 0 saturated heterocycles. The molecular formula is C17H17Cl2N5O. The maximum atomic E-state index is 12.4. The zero-order chi connectivity index (χ0) is 16.0. The fraction of sp³-hybridized carbons (Fsp3) is 0.176. The molecular weight excluding hydrogens is 361 g/mol.